The normalized spacial score (nSPS) is 11.1. The monoisotopic (exact) mass is 392 g/mol. The van der Waals surface area contributed by atoms with Crippen LogP contribution >= 0.6 is 0 Å². The molecule has 0 spiro atoms. The summed E-state index contributed by atoms with van der Waals surface area (Å²) >= 11 is 0. The van der Waals surface area contributed by atoms with Crippen LogP contribution in [-0.4, -0.2) is 20.4 Å². The number of nitrogens with one attached hydrogen (secondary N) is 1. The second kappa shape index (κ2) is 7.79. The molecular weight excluding hydrogens is 372 g/mol. The van der Waals surface area contributed by atoms with Crippen molar-refractivity contribution in [3.8, 4) is 5.69 Å². The van der Waals surface area contributed by atoms with Crippen molar-refractivity contribution in [3.05, 3.63) is 97.0 Å². The van der Waals surface area contributed by atoms with E-state index in [1.165, 1.54) is 0 Å². The number of pyridine rings is 1. The molecule has 146 valence electrons. The van der Waals surface area contributed by atoms with Crippen molar-refractivity contribution in [2.75, 3.05) is 5.32 Å². The zero-order valence-corrected chi connectivity index (χ0v) is 16.3. The summed E-state index contributed by atoms with van der Waals surface area (Å²) in [4.78, 5) is 21.9. The van der Waals surface area contributed by atoms with Crippen molar-refractivity contribution in [1.82, 2.24) is 14.5 Å². The van der Waals surface area contributed by atoms with Gasteiger partial charge in [0, 0.05) is 30.1 Å². The van der Waals surface area contributed by atoms with Crippen LogP contribution in [0.4, 0.5) is 5.69 Å². The number of hydrogen-bond donors (Lipinski definition) is 1. The van der Waals surface area contributed by atoms with E-state index in [2.05, 4.69) is 33.1 Å². The van der Waals surface area contributed by atoms with Gasteiger partial charge < -0.3 is 5.32 Å². The fraction of sp³-hybridized carbons (Fsp3) is 0.0800. The molecule has 5 heteroatoms. The second-order valence-corrected chi connectivity index (χ2v) is 7.12. The van der Waals surface area contributed by atoms with Crippen LogP contribution in [0, 0.1) is 0 Å². The highest BCUT2D eigenvalue weighted by Crippen LogP contribution is 2.23. The summed E-state index contributed by atoms with van der Waals surface area (Å²) in [6, 6.07) is 27.8. The average Bonchev–Trinajstić information content (AvgIpc) is 3.17. The molecule has 3 aromatic carbocycles. The zero-order chi connectivity index (χ0) is 20.3. The van der Waals surface area contributed by atoms with Crippen LogP contribution in [0.5, 0.6) is 0 Å². The van der Waals surface area contributed by atoms with Crippen LogP contribution in [0.25, 0.3) is 27.6 Å². The average molecular weight is 392 g/mol. The molecule has 30 heavy (non-hydrogen) atoms. The van der Waals surface area contributed by atoms with Crippen LogP contribution < -0.4 is 5.32 Å². The minimum absolute atomic E-state index is 0.0557. The van der Waals surface area contributed by atoms with E-state index in [4.69, 9.17) is 4.98 Å². The topological polar surface area (TPSA) is 59.8 Å². The number of imidazole rings is 1. The second-order valence-electron chi connectivity index (χ2n) is 7.12. The van der Waals surface area contributed by atoms with Crippen LogP contribution in [0.2, 0.25) is 0 Å². The molecule has 0 fully saturated rings. The molecule has 0 unspecified atom stereocenters. The molecule has 1 amide bonds. The van der Waals surface area contributed by atoms with Gasteiger partial charge in [0.1, 0.15) is 5.82 Å². The minimum Gasteiger partial charge on any atom is -0.324 e. The van der Waals surface area contributed by atoms with E-state index >= 15 is 0 Å². The summed E-state index contributed by atoms with van der Waals surface area (Å²) in [6.07, 6.45) is 2.60. The van der Waals surface area contributed by atoms with E-state index < -0.39 is 0 Å². The number of hydrogen-bond acceptors (Lipinski definition) is 3. The smallest absolute Gasteiger partial charge is 0.224 e. The van der Waals surface area contributed by atoms with Gasteiger partial charge in [0.05, 0.1) is 22.2 Å². The van der Waals surface area contributed by atoms with Crippen molar-refractivity contribution in [2.24, 2.45) is 0 Å². The fourth-order valence-electron chi connectivity index (χ4n) is 3.75. The summed E-state index contributed by atoms with van der Waals surface area (Å²) < 4.78 is 2.13. The summed E-state index contributed by atoms with van der Waals surface area (Å²) in [5, 5.41) is 4.01. The predicted octanol–water partition coefficient (Wildman–Crippen LogP) is 5.15. The van der Waals surface area contributed by atoms with Crippen LogP contribution in [0.3, 0.4) is 0 Å². The number of carbonyl (C=O) groups is 1. The molecule has 0 saturated heterocycles. The Morgan fingerprint density at radius 2 is 1.67 bits per heavy atom. The summed E-state index contributed by atoms with van der Waals surface area (Å²) in [5.74, 6) is 0.813. The summed E-state index contributed by atoms with van der Waals surface area (Å²) in [6.45, 7) is 0. The first-order valence-electron chi connectivity index (χ1n) is 9.95. The lowest BCUT2D eigenvalue weighted by molar-refractivity contribution is -0.116. The predicted molar refractivity (Wildman–Crippen MR) is 120 cm³/mol. The largest absolute Gasteiger partial charge is 0.324 e. The highest BCUT2D eigenvalue weighted by molar-refractivity contribution is 6.00. The van der Waals surface area contributed by atoms with E-state index in [1.807, 2.05) is 66.7 Å². The highest BCUT2D eigenvalue weighted by Gasteiger charge is 2.14. The van der Waals surface area contributed by atoms with Gasteiger partial charge in [0.15, 0.2) is 0 Å². The van der Waals surface area contributed by atoms with Gasteiger partial charge in [0.25, 0.3) is 0 Å². The fourth-order valence-corrected chi connectivity index (χ4v) is 3.75. The van der Waals surface area contributed by atoms with Gasteiger partial charge >= 0.3 is 0 Å². The Morgan fingerprint density at radius 1 is 0.867 bits per heavy atom. The number of anilines is 1. The molecular formula is C25H20N4O. The third-order valence-electron chi connectivity index (χ3n) is 5.13. The zero-order valence-electron chi connectivity index (χ0n) is 16.3. The van der Waals surface area contributed by atoms with E-state index in [-0.39, 0.29) is 5.91 Å². The van der Waals surface area contributed by atoms with Crippen LogP contribution in [0.1, 0.15) is 12.2 Å². The Labute approximate surface area is 174 Å². The Kier molecular flexibility index (Phi) is 4.69. The Balaban J connectivity index is 1.41. The Hall–Kier alpha value is -3.99. The molecule has 5 aromatic rings. The number of amides is 1. The number of fused-ring (bicyclic) bond motifs is 2. The Morgan fingerprint density at radius 3 is 2.57 bits per heavy atom. The van der Waals surface area contributed by atoms with Crippen molar-refractivity contribution in [3.63, 3.8) is 0 Å². The third kappa shape index (κ3) is 3.42. The standard InChI is InChI=1S/C25H20N4O/c30-24(28-21-13-6-8-18-9-7-17-26-25(18)21)16-15-23-27-20-12-4-5-14-22(20)29(23)19-10-2-1-3-11-19/h1-14,17H,15-16H2,(H,28,30). The maximum absolute atomic E-state index is 12.7. The van der Waals surface area contributed by atoms with Crippen LogP contribution in [0.15, 0.2) is 91.1 Å². The Bertz CT molecular complexity index is 1340. The molecule has 0 aliphatic rings. The summed E-state index contributed by atoms with van der Waals surface area (Å²) in [7, 11) is 0. The number of aromatic nitrogens is 3. The van der Waals surface area contributed by atoms with E-state index in [9.17, 15) is 4.79 Å². The first-order chi connectivity index (χ1) is 14.8. The molecule has 0 radical (unpaired) electrons. The first kappa shape index (κ1) is 18.1. The number of carbonyl (C=O) groups excluding carboxylic acids is 1. The van der Waals surface area contributed by atoms with Crippen LogP contribution in [-0.2, 0) is 11.2 Å². The number of para-hydroxylation sites is 4. The lowest BCUT2D eigenvalue weighted by Crippen LogP contribution is -2.14. The van der Waals surface area contributed by atoms with Gasteiger partial charge in [-0.3, -0.25) is 14.3 Å². The maximum Gasteiger partial charge on any atom is 0.224 e. The van der Waals surface area contributed by atoms with Gasteiger partial charge in [-0.05, 0) is 36.4 Å². The van der Waals surface area contributed by atoms with Crippen molar-refractivity contribution < 1.29 is 4.79 Å². The summed E-state index contributed by atoms with van der Waals surface area (Å²) in [5.41, 5.74) is 4.53. The van der Waals surface area contributed by atoms with E-state index in [0.29, 0.717) is 12.8 Å². The molecule has 0 saturated carbocycles. The van der Waals surface area contributed by atoms with Gasteiger partial charge in [-0.25, -0.2) is 4.98 Å². The lowest BCUT2D eigenvalue weighted by atomic mass is 10.2. The third-order valence-corrected chi connectivity index (χ3v) is 5.13. The molecule has 0 atom stereocenters. The number of benzene rings is 3. The molecule has 2 heterocycles. The number of aryl methyl sites for hydroxylation is 1. The molecule has 5 rings (SSSR count). The van der Waals surface area contributed by atoms with Crippen molar-refractivity contribution in [2.45, 2.75) is 12.8 Å². The van der Waals surface area contributed by atoms with Gasteiger partial charge in [0.2, 0.25) is 5.91 Å². The van der Waals surface area contributed by atoms with Gasteiger partial charge in [-0.1, -0.05) is 48.5 Å². The van der Waals surface area contributed by atoms with E-state index in [1.54, 1.807) is 6.20 Å². The highest BCUT2D eigenvalue weighted by atomic mass is 16.1. The minimum atomic E-state index is -0.0557. The van der Waals surface area contributed by atoms with Crippen molar-refractivity contribution >= 4 is 33.5 Å². The molecule has 1 N–H and O–H groups in total. The molecule has 0 aliphatic heterocycles. The van der Waals surface area contributed by atoms with E-state index in [0.717, 1.165) is 39.1 Å². The quantitative estimate of drug-likeness (QED) is 0.450. The lowest BCUT2D eigenvalue weighted by Gasteiger charge is -2.10. The van der Waals surface area contributed by atoms with Crippen molar-refractivity contribution in [1.29, 1.82) is 0 Å². The SMILES string of the molecule is O=C(CCc1nc2ccccc2n1-c1ccccc1)Nc1cccc2cccnc12. The van der Waals surface area contributed by atoms with Gasteiger partial charge in [-0.2, -0.15) is 0 Å². The molecule has 0 aliphatic carbocycles. The number of rotatable bonds is 5. The maximum atomic E-state index is 12.7. The molecule has 0 bridgehead atoms. The molecule has 5 nitrogen and oxygen atoms in total. The number of nitrogens with zero attached hydrogens (tertiary/aromatic N) is 3. The molecule has 2 aromatic heterocycles. The van der Waals surface area contributed by atoms with Gasteiger partial charge in [-0.15, -0.1) is 0 Å². The first-order valence-corrected chi connectivity index (χ1v) is 9.95.